The van der Waals surface area contributed by atoms with Gasteiger partial charge in [-0.05, 0) is 17.3 Å². The van der Waals surface area contributed by atoms with E-state index in [0.29, 0.717) is 12.4 Å². The predicted molar refractivity (Wildman–Crippen MR) is 51.2 cm³/mol. The van der Waals surface area contributed by atoms with Crippen molar-refractivity contribution < 1.29 is 0 Å². The first-order valence-electron chi connectivity index (χ1n) is 4.20. The van der Waals surface area contributed by atoms with Crippen LogP contribution in [0.5, 0.6) is 0 Å². The molecule has 0 bridgehead atoms. The maximum absolute atomic E-state index is 4.13. The van der Waals surface area contributed by atoms with E-state index < -0.39 is 0 Å². The molecule has 0 saturated carbocycles. The van der Waals surface area contributed by atoms with Gasteiger partial charge in [0.15, 0.2) is 0 Å². The number of hydrogen-bond donors (Lipinski definition) is 0. The molecule has 0 N–H and O–H groups in total. The molecule has 0 fully saturated rings. The van der Waals surface area contributed by atoms with Crippen LogP contribution >= 0.6 is 0 Å². The molecule has 14 heavy (non-hydrogen) atoms. The fourth-order valence-corrected chi connectivity index (χ4v) is 1.03. The number of hydrogen-bond acceptors (Lipinski definition) is 4. The van der Waals surface area contributed by atoms with Gasteiger partial charge in [-0.3, -0.25) is 4.98 Å². The van der Waals surface area contributed by atoms with E-state index in [1.807, 2.05) is 18.2 Å². The highest BCUT2D eigenvalue weighted by atomic mass is 15.6. The lowest BCUT2D eigenvalue weighted by molar-refractivity contribution is 0.583. The summed E-state index contributed by atoms with van der Waals surface area (Å²) in [7, 11) is 0. The van der Waals surface area contributed by atoms with Gasteiger partial charge in [-0.25, -0.2) is 0 Å². The number of allylic oxidation sites excluding steroid dienone is 1. The van der Waals surface area contributed by atoms with Crippen LogP contribution in [-0.4, -0.2) is 25.2 Å². The Labute approximate surface area is 81.1 Å². The van der Waals surface area contributed by atoms with Crippen LogP contribution in [-0.2, 0) is 6.54 Å². The van der Waals surface area contributed by atoms with E-state index in [-0.39, 0.29) is 0 Å². The molecule has 70 valence electrons. The first-order chi connectivity index (χ1) is 6.90. The van der Waals surface area contributed by atoms with Crippen molar-refractivity contribution in [3.63, 3.8) is 0 Å². The van der Waals surface area contributed by atoms with Crippen molar-refractivity contribution in [1.82, 2.24) is 25.2 Å². The Balaban J connectivity index is 2.29. The second kappa shape index (κ2) is 3.78. The lowest BCUT2D eigenvalue weighted by Crippen LogP contribution is -1.99. The number of tetrazole rings is 1. The third kappa shape index (κ3) is 1.66. The Bertz CT molecular complexity index is 420. The molecule has 0 spiro atoms. The summed E-state index contributed by atoms with van der Waals surface area (Å²) in [5.41, 5.74) is 0.725. The third-order valence-electron chi connectivity index (χ3n) is 1.64. The van der Waals surface area contributed by atoms with Crippen molar-refractivity contribution in [3.05, 3.63) is 37.1 Å². The van der Waals surface area contributed by atoms with E-state index in [9.17, 15) is 0 Å². The fourth-order valence-electron chi connectivity index (χ4n) is 1.03. The van der Waals surface area contributed by atoms with Gasteiger partial charge in [-0.15, -0.1) is 16.8 Å². The van der Waals surface area contributed by atoms with Crippen LogP contribution in [0, 0.1) is 0 Å². The first-order valence-corrected chi connectivity index (χ1v) is 4.20. The summed E-state index contributed by atoms with van der Waals surface area (Å²) < 4.78 is 0. The monoisotopic (exact) mass is 187 g/mol. The Morgan fingerprint density at radius 1 is 1.43 bits per heavy atom. The van der Waals surface area contributed by atoms with Crippen molar-refractivity contribution in [1.29, 1.82) is 0 Å². The van der Waals surface area contributed by atoms with Crippen LogP contribution in [0.15, 0.2) is 37.1 Å². The van der Waals surface area contributed by atoms with Crippen molar-refractivity contribution in [2.45, 2.75) is 6.54 Å². The van der Waals surface area contributed by atoms with Crippen molar-refractivity contribution in [2.75, 3.05) is 0 Å². The van der Waals surface area contributed by atoms with Gasteiger partial charge in [0.25, 0.3) is 0 Å². The highest BCUT2D eigenvalue weighted by Gasteiger charge is 2.04. The normalized spacial score (nSPS) is 10.0. The topological polar surface area (TPSA) is 56.5 Å². The van der Waals surface area contributed by atoms with Crippen LogP contribution in [0.4, 0.5) is 0 Å². The summed E-state index contributed by atoms with van der Waals surface area (Å²) in [5.74, 6) is 0.535. The SMILES string of the molecule is C=CCn1nnc(-c2ccccn2)n1. The van der Waals surface area contributed by atoms with E-state index in [4.69, 9.17) is 0 Å². The third-order valence-corrected chi connectivity index (χ3v) is 1.64. The Morgan fingerprint density at radius 2 is 2.36 bits per heavy atom. The average Bonchev–Trinajstić information content (AvgIpc) is 2.68. The van der Waals surface area contributed by atoms with Crippen LogP contribution in [0.25, 0.3) is 11.5 Å². The zero-order valence-corrected chi connectivity index (χ0v) is 7.54. The second-order valence-corrected chi connectivity index (χ2v) is 2.67. The van der Waals surface area contributed by atoms with Gasteiger partial charge in [-0.1, -0.05) is 12.1 Å². The fraction of sp³-hybridized carbons (Fsp3) is 0.111. The van der Waals surface area contributed by atoms with Gasteiger partial charge >= 0.3 is 0 Å². The Morgan fingerprint density at radius 3 is 3.07 bits per heavy atom. The minimum atomic E-state index is 0.535. The lowest BCUT2D eigenvalue weighted by atomic mass is 10.3. The van der Waals surface area contributed by atoms with Crippen molar-refractivity contribution in [3.8, 4) is 11.5 Å². The molecule has 0 radical (unpaired) electrons. The summed E-state index contributed by atoms with van der Waals surface area (Å²) in [6, 6.07) is 5.57. The summed E-state index contributed by atoms with van der Waals surface area (Å²) in [6.45, 7) is 4.15. The molecule has 0 aliphatic rings. The number of pyridine rings is 1. The van der Waals surface area contributed by atoms with Gasteiger partial charge in [0, 0.05) is 6.20 Å². The molecule has 0 atom stereocenters. The van der Waals surface area contributed by atoms with Crippen molar-refractivity contribution >= 4 is 0 Å². The molecule has 0 amide bonds. The van der Waals surface area contributed by atoms with E-state index in [2.05, 4.69) is 27.0 Å². The quantitative estimate of drug-likeness (QED) is 0.670. The Kier molecular flexibility index (Phi) is 2.31. The van der Waals surface area contributed by atoms with E-state index in [0.717, 1.165) is 5.69 Å². The van der Waals surface area contributed by atoms with Gasteiger partial charge < -0.3 is 0 Å². The van der Waals surface area contributed by atoms with Crippen molar-refractivity contribution in [2.24, 2.45) is 0 Å². The number of nitrogens with zero attached hydrogens (tertiary/aromatic N) is 5. The predicted octanol–water partition coefficient (Wildman–Crippen LogP) is 0.921. The van der Waals surface area contributed by atoms with Crippen LogP contribution < -0.4 is 0 Å². The molecule has 0 aliphatic carbocycles. The van der Waals surface area contributed by atoms with Gasteiger partial charge in [0.2, 0.25) is 5.82 Å². The standard InChI is InChI=1S/C9H9N5/c1-2-7-14-12-9(11-13-14)8-5-3-4-6-10-8/h2-6H,1,7H2. The van der Waals surface area contributed by atoms with E-state index in [1.165, 1.54) is 4.80 Å². The Hall–Kier alpha value is -2.04. The maximum atomic E-state index is 4.13. The van der Waals surface area contributed by atoms with Gasteiger partial charge in [-0.2, -0.15) is 4.80 Å². The summed E-state index contributed by atoms with van der Waals surface area (Å²) >= 11 is 0. The lowest BCUT2D eigenvalue weighted by Gasteiger charge is -1.90. The number of aromatic nitrogens is 5. The minimum Gasteiger partial charge on any atom is -0.253 e. The maximum Gasteiger partial charge on any atom is 0.223 e. The molecule has 2 heterocycles. The van der Waals surface area contributed by atoms with Crippen LogP contribution in [0.2, 0.25) is 0 Å². The molecule has 0 aliphatic heterocycles. The molecule has 5 nitrogen and oxygen atoms in total. The van der Waals surface area contributed by atoms with Gasteiger partial charge in [0.05, 0.1) is 6.54 Å². The second-order valence-electron chi connectivity index (χ2n) is 2.67. The first kappa shape index (κ1) is 8.55. The largest absolute Gasteiger partial charge is 0.253 e. The molecule has 0 saturated heterocycles. The van der Waals surface area contributed by atoms with Crippen LogP contribution in [0.1, 0.15) is 0 Å². The minimum absolute atomic E-state index is 0.535. The summed E-state index contributed by atoms with van der Waals surface area (Å²) in [6.07, 6.45) is 3.41. The molecular weight excluding hydrogens is 178 g/mol. The molecule has 2 aromatic heterocycles. The molecule has 0 aromatic carbocycles. The molecule has 2 rings (SSSR count). The zero-order chi connectivity index (χ0) is 9.80. The van der Waals surface area contributed by atoms with Gasteiger partial charge in [0.1, 0.15) is 5.69 Å². The molecule has 0 unspecified atom stereocenters. The highest BCUT2D eigenvalue weighted by molar-refractivity contribution is 5.46. The number of rotatable bonds is 3. The smallest absolute Gasteiger partial charge is 0.223 e. The van der Waals surface area contributed by atoms with E-state index >= 15 is 0 Å². The van der Waals surface area contributed by atoms with E-state index in [1.54, 1.807) is 12.3 Å². The average molecular weight is 187 g/mol. The van der Waals surface area contributed by atoms with Crippen LogP contribution in [0.3, 0.4) is 0 Å². The summed E-state index contributed by atoms with van der Waals surface area (Å²) in [4.78, 5) is 5.59. The summed E-state index contributed by atoms with van der Waals surface area (Å²) in [5, 5.41) is 11.9. The zero-order valence-electron chi connectivity index (χ0n) is 7.54. The highest BCUT2D eigenvalue weighted by Crippen LogP contribution is 2.07. The molecule has 5 heteroatoms. The molecular formula is C9H9N5. The molecule has 2 aromatic rings.